The summed E-state index contributed by atoms with van der Waals surface area (Å²) in [6.45, 7) is 7.15. The molecule has 0 saturated carbocycles. The smallest absolute Gasteiger partial charge is 0.121 e. The molecule has 0 radical (unpaired) electrons. The molecule has 0 saturated heterocycles. The molecule has 3 rings (SSSR count). The predicted octanol–water partition coefficient (Wildman–Crippen LogP) is 3.62. The van der Waals surface area contributed by atoms with E-state index in [1.165, 1.54) is 0 Å². The zero-order valence-electron chi connectivity index (χ0n) is 13.2. The second-order valence-corrected chi connectivity index (χ2v) is 6.09. The standard InChI is InChI=1S/C18H22N4/c1-14(2)11-22(12-15-7-5-6-10-19-15)13-18-20-16-8-3-4-9-17(16)21-18/h3-10,14H,11-13H2,1-2H3,(H,20,21). The molecule has 0 amide bonds. The van der Waals surface area contributed by atoms with Crippen molar-refractivity contribution in [3.63, 3.8) is 0 Å². The molecule has 4 nitrogen and oxygen atoms in total. The normalized spacial score (nSPS) is 11.6. The Morgan fingerprint density at radius 1 is 1.05 bits per heavy atom. The lowest BCUT2D eigenvalue weighted by Gasteiger charge is -2.22. The number of fused-ring (bicyclic) bond motifs is 1. The molecule has 3 aromatic rings. The second-order valence-electron chi connectivity index (χ2n) is 6.09. The van der Waals surface area contributed by atoms with Crippen molar-refractivity contribution in [2.45, 2.75) is 26.9 Å². The zero-order valence-corrected chi connectivity index (χ0v) is 13.2. The van der Waals surface area contributed by atoms with Crippen molar-refractivity contribution in [3.05, 3.63) is 60.2 Å². The molecule has 114 valence electrons. The van der Waals surface area contributed by atoms with Crippen molar-refractivity contribution in [1.82, 2.24) is 19.9 Å². The van der Waals surface area contributed by atoms with Crippen LogP contribution in [0.5, 0.6) is 0 Å². The highest BCUT2D eigenvalue weighted by Crippen LogP contribution is 2.14. The Labute approximate surface area is 131 Å². The van der Waals surface area contributed by atoms with E-state index in [9.17, 15) is 0 Å². The van der Waals surface area contributed by atoms with Crippen molar-refractivity contribution in [1.29, 1.82) is 0 Å². The van der Waals surface area contributed by atoms with Crippen molar-refractivity contribution < 1.29 is 0 Å². The highest BCUT2D eigenvalue weighted by Gasteiger charge is 2.12. The minimum Gasteiger partial charge on any atom is -0.341 e. The van der Waals surface area contributed by atoms with Gasteiger partial charge in [0.05, 0.1) is 23.3 Å². The van der Waals surface area contributed by atoms with Gasteiger partial charge in [-0.25, -0.2) is 4.98 Å². The predicted molar refractivity (Wildman–Crippen MR) is 89.3 cm³/mol. The van der Waals surface area contributed by atoms with Crippen LogP contribution in [0.2, 0.25) is 0 Å². The van der Waals surface area contributed by atoms with Gasteiger partial charge in [0.1, 0.15) is 5.82 Å². The second kappa shape index (κ2) is 6.71. The number of benzene rings is 1. The maximum atomic E-state index is 4.68. The molecule has 1 N–H and O–H groups in total. The van der Waals surface area contributed by atoms with Gasteiger partial charge in [-0.1, -0.05) is 32.0 Å². The van der Waals surface area contributed by atoms with Crippen LogP contribution in [-0.4, -0.2) is 26.4 Å². The monoisotopic (exact) mass is 294 g/mol. The number of nitrogens with one attached hydrogen (secondary N) is 1. The largest absolute Gasteiger partial charge is 0.341 e. The minimum atomic E-state index is 0.605. The zero-order chi connectivity index (χ0) is 15.4. The Hall–Kier alpha value is -2.20. The summed E-state index contributed by atoms with van der Waals surface area (Å²) in [6.07, 6.45) is 1.85. The van der Waals surface area contributed by atoms with E-state index in [1.54, 1.807) is 0 Å². The molecule has 0 aliphatic heterocycles. The maximum Gasteiger partial charge on any atom is 0.121 e. The number of nitrogens with zero attached hydrogens (tertiary/aromatic N) is 3. The molecule has 0 spiro atoms. The summed E-state index contributed by atoms with van der Waals surface area (Å²) in [7, 11) is 0. The number of para-hydroxylation sites is 2. The van der Waals surface area contributed by atoms with Gasteiger partial charge in [-0.3, -0.25) is 9.88 Å². The molecular formula is C18H22N4. The molecule has 0 bridgehead atoms. The van der Waals surface area contributed by atoms with E-state index in [-0.39, 0.29) is 0 Å². The highest BCUT2D eigenvalue weighted by molar-refractivity contribution is 5.74. The van der Waals surface area contributed by atoms with Gasteiger partial charge >= 0.3 is 0 Å². The van der Waals surface area contributed by atoms with E-state index in [0.29, 0.717) is 5.92 Å². The maximum absolute atomic E-state index is 4.68. The fourth-order valence-electron chi connectivity index (χ4n) is 2.71. The summed E-state index contributed by atoms with van der Waals surface area (Å²) < 4.78 is 0. The fourth-order valence-corrected chi connectivity index (χ4v) is 2.71. The van der Waals surface area contributed by atoms with Crippen LogP contribution in [0.1, 0.15) is 25.4 Å². The number of aromatic nitrogens is 3. The van der Waals surface area contributed by atoms with E-state index < -0.39 is 0 Å². The summed E-state index contributed by atoms with van der Waals surface area (Å²) in [5.41, 5.74) is 3.22. The number of pyridine rings is 1. The first-order valence-electron chi connectivity index (χ1n) is 7.76. The quantitative estimate of drug-likeness (QED) is 0.755. The van der Waals surface area contributed by atoms with Crippen molar-refractivity contribution in [2.24, 2.45) is 5.92 Å². The molecule has 1 aromatic carbocycles. The number of H-pyrrole nitrogens is 1. The number of hydrogen-bond acceptors (Lipinski definition) is 3. The van der Waals surface area contributed by atoms with Gasteiger partial charge in [0, 0.05) is 19.3 Å². The van der Waals surface area contributed by atoms with Crippen molar-refractivity contribution >= 4 is 11.0 Å². The SMILES string of the molecule is CC(C)CN(Cc1ccccn1)Cc1nc2ccccc2[nH]1. The van der Waals surface area contributed by atoms with E-state index in [4.69, 9.17) is 0 Å². The summed E-state index contributed by atoms with van der Waals surface area (Å²) in [4.78, 5) is 14.9. The number of rotatable bonds is 6. The van der Waals surface area contributed by atoms with Gasteiger partial charge in [0.25, 0.3) is 0 Å². The Bertz CT molecular complexity index is 685. The van der Waals surface area contributed by atoms with Crippen LogP contribution in [0.25, 0.3) is 11.0 Å². The highest BCUT2D eigenvalue weighted by atomic mass is 15.2. The molecule has 0 atom stereocenters. The Kier molecular flexibility index (Phi) is 4.49. The molecule has 4 heteroatoms. The summed E-state index contributed by atoms with van der Waals surface area (Å²) in [5, 5.41) is 0. The summed E-state index contributed by atoms with van der Waals surface area (Å²) in [5.74, 6) is 1.62. The third-order valence-corrected chi connectivity index (χ3v) is 3.55. The molecule has 0 aliphatic rings. The summed E-state index contributed by atoms with van der Waals surface area (Å²) in [6, 6.07) is 14.2. The Morgan fingerprint density at radius 2 is 1.86 bits per heavy atom. The lowest BCUT2D eigenvalue weighted by Crippen LogP contribution is -2.27. The Morgan fingerprint density at radius 3 is 2.59 bits per heavy atom. The molecule has 0 aliphatic carbocycles. The minimum absolute atomic E-state index is 0.605. The van der Waals surface area contributed by atoms with Crippen molar-refractivity contribution in [2.75, 3.05) is 6.54 Å². The van der Waals surface area contributed by atoms with Gasteiger partial charge in [-0.15, -0.1) is 0 Å². The Balaban J connectivity index is 1.77. The van der Waals surface area contributed by atoms with Crippen LogP contribution in [0.4, 0.5) is 0 Å². The topological polar surface area (TPSA) is 44.8 Å². The van der Waals surface area contributed by atoms with E-state index in [1.807, 2.05) is 36.5 Å². The van der Waals surface area contributed by atoms with Crippen LogP contribution in [0.3, 0.4) is 0 Å². The number of hydrogen-bond donors (Lipinski definition) is 1. The molecule has 22 heavy (non-hydrogen) atoms. The van der Waals surface area contributed by atoms with E-state index in [2.05, 4.69) is 45.8 Å². The molecule has 2 aromatic heterocycles. The average molecular weight is 294 g/mol. The van der Waals surface area contributed by atoms with Gasteiger partial charge in [0.2, 0.25) is 0 Å². The van der Waals surface area contributed by atoms with Crippen LogP contribution in [-0.2, 0) is 13.1 Å². The van der Waals surface area contributed by atoms with E-state index in [0.717, 1.165) is 42.2 Å². The summed E-state index contributed by atoms with van der Waals surface area (Å²) >= 11 is 0. The first-order chi connectivity index (χ1) is 10.7. The molecule has 2 heterocycles. The van der Waals surface area contributed by atoms with Gasteiger partial charge < -0.3 is 4.98 Å². The lowest BCUT2D eigenvalue weighted by molar-refractivity contribution is 0.220. The van der Waals surface area contributed by atoms with Crippen LogP contribution in [0.15, 0.2) is 48.7 Å². The van der Waals surface area contributed by atoms with Gasteiger partial charge in [-0.05, 0) is 30.2 Å². The first-order valence-corrected chi connectivity index (χ1v) is 7.76. The molecular weight excluding hydrogens is 272 g/mol. The molecule has 0 fully saturated rings. The first kappa shape index (κ1) is 14.7. The van der Waals surface area contributed by atoms with Crippen LogP contribution >= 0.6 is 0 Å². The van der Waals surface area contributed by atoms with Gasteiger partial charge in [0.15, 0.2) is 0 Å². The number of imidazole rings is 1. The van der Waals surface area contributed by atoms with E-state index >= 15 is 0 Å². The molecule has 0 unspecified atom stereocenters. The third kappa shape index (κ3) is 3.71. The van der Waals surface area contributed by atoms with Crippen molar-refractivity contribution in [3.8, 4) is 0 Å². The van der Waals surface area contributed by atoms with Gasteiger partial charge in [-0.2, -0.15) is 0 Å². The third-order valence-electron chi connectivity index (χ3n) is 3.55. The van der Waals surface area contributed by atoms with Crippen LogP contribution < -0.4 is 0 Å². The number of aromatic amines is 1. The fraction of sp³-hybridized carbons (Fsp3) is 0.333. The lowest BCUT2D eigenvalue weighted by atomic mass is 10.2. The average Bonchev–Trinajstić information content (AvgIpc) is 2.89. The van der Waals surface area contributed by atoms with Crippen LogP contribution in [0, 0.1) is 5.92 Å².